The van der Waals surface area contributed by atoms with Crippen molar-refractivity contribution in [2.45, 2.75) is 19.8 Å². The van der Waals surface area contributed by atoms with Gasteiger partial charge in [-0.15, -0.1) is 0 Å². The van der Waals surface area contributed by atoms with Gasteiger partial charge in [0.2, 0.25) is 0 Å². The van der Waals surface area contributed by atoms with Crippen LogP contribution in [0.25, 0.3) is 0 Å². The topological polar surface area (TPSA) is 81.2 Å². The summed E-state index contributed by atoms with van der Waals surface area (Å²) < 4.78 is 0. The fraction of sp³-hybridized carbons (Fsp3) is 0.500. The molecule has 0 bridgehead atoms. The van der Waals surface area contributed by atoms with Crippen LogP contribution >= 0.6 is 0 Å². The molecule has 0 aliphatic heterocycles. The van der Waals surface area contributed by atoms with Gasteiger partial charge in [-0.25, -0.2) is 0 Å². The molecule has 2 rings (SSSR count). The van der Waals surface area contributed by atoms with Crippen molar-refractivity contribution in [2.75, 3.05) is 17.6 Å². The fourth-order valence-electron chi connectivity index (χ4n) is 1.93. The number of nitrogens with one attached hydrogen (secondary N) is 1. The molecule has 0 radical (unpaired) electrons. The van der Waals surface area contributed by atoms with E-state index in [1.54, 1.807) is 6.07 Å². The molecule has 1 fully saturated rings. The average molecular weight is 235 g/mol. The molecule has 1 atom stereocenters. The molecule has 0 spiro atoms. The second kappa shape index (κ2) is 4.61. The Morgan fingerprint density at radius 2 is 2.29 bits per heavy atom. The highest BCUT2D eigenvalue weighted by Crippen LogP contribution is 2.36. The summed E-state index contributed by atoms with van der Waals surface area (Å²) in [5.41, 5.74) is 7.01. The first-order chi connectivity index (χ1) is 8.08. The van der Waals surface area contributed by atoms with Gasteiger partial charge in [-0.3, -0.25) is 10.1 Å². The maximum absolute atomic E-state index is 10.6. The normalized spacial score (nSPS) is 16.5. The molecular formula is C12H17N3O2. The largest absolute Gasteiger partial charge is 0.397 e. The van der Waals surface area contributed by atoms with Crippen molar-refractivity contribution in [3.05, 3.63) is 28.3 Å². The lowest BCUT2D eigenvalue weighted by Crippen LogP contribution is -2.13. The Labute approximate surface area is 100 Å². The standard InChI is InChI=1S/C12H17N3O2/c1-8(9-2-3-9)7-14-12-5-4-10(15(16)17)6-11(12)13/h4-6,8-9,14H,2-3,7,13H2,1H3. The van der Waals surface area contributed by atoms with Gasteiger partial charge in [-0.1, -0.05) is 6.92 Å². The van der Waals surface area contributed by atoms with Crippen LogP contribution in [0.3, 0.4) is 0 Å². The molecule has 1 aliphatic rings. The summed E-state index contributed by atoms with van der Waals surface area (Å²) >= 11 is 0. The van der Waals surface area contributed by atoms with Crippen LogP contribution in [0.1, 0.15) is 19.8 Å². The number of nitrogens with zero attached hydrogens (tertiary/aromatic N) is 1. The molecule has 92 valence electrons. The Kier molecular flexibility index (Phi) is 3.17. The van der Waals surface area contributed by atoms with Crippen molar-refractivity contribution in [3.8, 4) is 0 Å². The number of nitro benzene ring substituents is 1. The Balaban J connectivity index is 1.98. The van der Waals surface area contributed by atoms with Crippen LogP contribution in [0.2, 0.25) is 0 Å². The van der Waals surface area contributed by atoms with E-state index in [4.69, 9.17) is 5.73 Å². The third-order valence-electron chi connectivity index (χ3n) is 3.29. The van der Waals surface area contributed by atoms with Crippen LogP contribution in [0.4, 0.5) is 17.1 Å². The quantitative estimate of drug-likeness (QED) is 0.467. The number of anilines is 2. The summed E-state index contributed by atoms with van der Waals surface area (Å²) in [6, 6.07) is 4.54. The van der Waals surface area contributed by atoms with Gasteiger partial charge in [0.1, 0.15) is 0 Å². The minimum absolute atomic E-state index is 0.0308. The molecule has 1 aromatic carbocycles. The fourth-order valence-corrected chi connectivity index (χ4v) is 1.93. The third-order valence-corrected chi connectivity index (χ3v) is 3.29. The molecule has 0 amide bonds. The van der Waals surface area contributed by atoms with E-state index in [9.17, 15) is 10.1 Å². The van der Waals surface area contributed by atoms with Gasteiger partial charge >= 0.3 is 0 Å². The SMILES string of the molecule is CC(CNc1ccc([N+](=O)[O-])cc1N)C1CC1. The highest BCUT2D eigenvalue weighted by atomic mass is 16.6. The van der Waals surface area contributed by atoms with Crippen LogP contribution in [0.15, 0.2) is 18.2 Å². The molecule has 1 aliphatic carbocycles. The van der Waals surface area contributed by atoms with Crippen LogP contribution in [-0.4, -0.2) is 11.5 Å². The lowest BCUT2D eigenvalue weighted by atomic mass is 10.1. The van der Waals surface area contributed by atoms with Crippen molar-refractivity contribution in [1.82, 2.24) is 0 Å². The number of hydrogen-bond donors (Lipinski definition) is 2. The van der Waals surface area contributed by atoms with Gasteiger partial charge in [0, 0.05) is 18.7 Å². The molecule has 17 heavy (non-hydrogen) atoms. The minimum Gasteiger partial charge on any atom is -0.397 e. The first-order valence-electron chi connectivity index (χ1n) is 5.85. The van der Waals surface area contributed by atoms with Crippen LogP contribution in [-0.2, 0) is 0 Å². The van der Waals surface area contributed by atoms with Crippen molar-refractivity contribution >= 4 is 17.1 Å². The van der Waals surface area contributed by atoms with E-state index in [-0.39, 0.29) is 5.69 Å². The lowest BCUT2D eigenvalue weighted by Gasteiger charge is -2.13. The maximum atomic E-state index is 10.6. The number of hydrogen-bond acceptors (Lipinski definition) is 4. The molecule has 0 heterocycles. The molecule has 5 nitrogen and oxygen atoms in total. The number of nitro groups is 1. The van der Waals surface area contributed by atoms with Gasteiger partial charge in [0.15, 0.2) is 0 Å². The highest BCUT2D eigenvalue weighted by Gasteiger charge is 2.27. The first kappa shape index (κ1) is 11.7. The summed E-state index contributed by atoms with van der Waals surface area (Å²) in [6.45, 7) is 3.08. The lowest BCUT2D eigenvalue weighted by molar-refractivity contribution is -0.384. The summed E-state index contributed by atoms with van der Waals surface area (Å²) in [7, 11) is 0. The zero-order valence-corrected chi connectivity index (χ0v) is 9.85. The van der Waals surface area contributed by atoms with Gasteiger partial charge in [-0.05, 0) is 30.7 Å². The highest BCUT2D eigenvalue weighted by molar-refractivity contribution is 5.69. The first-order valence-corrected chi connectivity index (χ1v) is 5.85. The zero-order valence-electron chi connectivity index (χ0n) is 9.85. The van der Waals surface area contributed by atoms with Crippen molar-refractivity contribution in [2.24, 2.45) is 11.8 Å². The van der Waals surface area contributed by atoms with E-state index in [0.29, 0.717) is 11.6 Å². The van der Waals surface area contributed by atoms with Crippen LogP contribution in [0, 0.1) is 22.0 Å². The molecule has 1 unspecified atom stereocenters. The summed E-state index contributed by atoms with van der Waals surface area (Å²) in [5, 5.41) is 13.8. The molecule has 5 heteroatoms. The van der Waals surface area contributed by atoms with Crippen LogP contribution in [0.5, 0.6) is 0 Å². The van der Waals surface area contributed by atoms with Crippen molar-refractivity contribution in [1.29, 1.82) is 0 Å². The summed E-state index contributed by atoms with van der Waals surface area (Å²) in [6.07, 6.45) is 2.64. The Hall–Kier alpha value is -1.78. The van der Waals surface area contributed by atoms with Crippen molar-refractivity contribution in [3.63, 3.8) is 0 Å². The van der Waals surface area contributed by atoms with Gasteiger partial charge in [-0.2, -0.15) is 0 Å². The van der Waals surface area contributed by atoms with E-state index in [1.807, 2.05) is 0 Å². The Morgan fingerprint density at radius 3 is 2.82 bits per heavy atom. The zero-order chi connectivity index (χ0) is 12.4. The molecular weight excluding hydrogens is 218 g/mol. The number of non-ortho nitro benzene ring substituents is 1. The summed E-state index contributed by atoms with van der Waals surface area (Å²) in [5.74, 6) is 1.46. The second-order valence-electron chi connectivity index (χ2n) is 4.72. The third kappa shape index (κ3) is 2.87. The smallest absolute Gasteiger partial charge is 0.271 e. The van der Waals surface area contributed by atoms with E-state index >= 15 is 0 Å². The van der Waals surface area contributed by atoms with Crippen molar-refractivity contribution < 1.29 is 4.92 Å². The van der Waals surface area contributed by atoms with E-state index < -0.39 is 4.92 Å². The van der Waals surface area contributed by atoms with Gasteiger partial charge < -0.3 is 11.1 Å². The number of nitrogen functional groups attached to an aromatic ring is 1. The molecule has 1 saturated carbocycles. The van der Waals surface area contributed by atoms with Gasteiger partial charge in [0.05, 0.1) is 16.3 Å². The number of rotatable bonds is 5. The Morgan fingerprint density at radius 1 is 1.59 bits per heavy atom. The van der Waals surface area contributed by atoms with Crippen LogP contribution < -0.4 is 11.1 Å². The maximum Gasteiger partial charge on any atom is 0.271 e. The van der Waals surface area contributed by atoms with E-state index in [0.717, 1.165) is 18.2 Å². The molecule has 1 aromatic rings. The van der Waals surface area contributed by atoms with E-state index in [1.165, 1.54) is 25.0 Å². The second-order valence-corrected chi connectivity index (χ2v) is 4.72. The minimum atomic E-state index is -0.438. The summed E-state index contributed by atoms with van der Waals surface area (Å²) in [4.78, 5) is 10.1. The Bertz CT molecular complexity index is 430. The average Bonchev–Trinajstić information content (AvgIpc) is 3.10. The molecule has 0 saturated heterocycles. The predicted octanol–water partition coefficient (Wildman–Crippen LogP) is 2.64. The van der Waals surface area contributed by atoms with E-state index in [2.05, 4.69) is 12.2 Å². The number of nitrogens with two attached hydrogens (primary N) is 1. The molecule has 0 aromatic heterocycles. The molecule has 3 N–H and O–H groups in total. The monoisotopic (exact) mass is 235 g/mol. The number of benzene rings is 1. The predicted molar refractivity (Wildman–Crippen MR) is 67.9 cm³/mol. The van der Waals surface area contributed by atoms with Gasteiger partial charge in [0.25, 0.3) is 5.69 Å².